The van der Waals surface area contributed by atoms with Crippen LogP contribution in [0.1, 0.15) is 28.5 Å². The predicted octanol–water partition coefficient (Wildman–Crippen LogP) is 5.66. The summed E-state index contributed by atoms with van der Waals surface area (Å²) < 4.78 is 187. The van der Waals surface area contributed by atoms with E-state index in [0.717, 1.165) is 0 Å². The second-order valence-electron chi connectivity index (χ2n) is 5.78. The molecule has 168 valence electrons. The Hall–Kier alpha value is -1.71. The molecule has 0 aliphatic heterocycles. The number of aryl methyl sites for hydroxylation is 1. The summed E-state index contributed by atoms with van der Waals surface area (Å²) in [5, 5.41) is 0. The summed E-state index contributed by atoms with van der Waals surface area (Å²) in [4.78, 5) is -2.76. The SMILES string of the molecule is Cc1cc(C(C(F)(F)F)C(F)(F)F)c(S(=O)(=O)O)c(C(C(F)(F)F)C(F)(F)F)c1. The van der Waals surface area contributed by atoms with Crippen LogP contribution in [0.25, 0.3) is 0 Å². The third-order valence-corrected chi connectivity index (χ3v) is 4.47. The van der Waals surface area contributed by atoms with E-state index in [1.807, 2.05) is 0 Å². The Morgan fingerprint density at radius 2 is 0.931 bits per heavy atom. The van der Waals surface area contributed by atoms with Gasteiger partial charge in [-0.1, -0.05) is 17.7 Å². The van der Waals surface area contributed by atoms with Gasteiger partial charge in [0.15, 0.2) is 11.8 Å². The van der Waals surface area contributed by atoms with Crippen molar-refractivity contribution >= 4 is 10.1 Å². The lowest BCUT2D eigenvalue weighted by Gasteiger charge is -2.29. The van der Waals surface area contributed by atoms with Crippen LogP contribution in [0.5, 0.6) is 0 Å². The first-order chi connectivity index (χ1) is 12.5. The number of benzene rings is 1. The normalized spacial score (nSPS) is 14.8. The first-order valence-electron chi connectivity index (χ1n) is 6.87. The minimum atomic E-state index is -6.41. The second kappa shape index (κ2) is 7.21. The molecule has 0 amide bonds. The van der Waals surface area contributed by atoms with Crippen LogP contribution < -0.4 is 0 Å². The van der Waals surface area contributed by atoms with E-state index in [9.17, 15) is 61.1 Å². The van der Waals surface area contributed by atoms with Gasteiger partial charge < -0.3 is 0 Å². The van der Waals surface area contributed by atoms with Crippen molar-refractivity contribution in [2.45, 2.75) is 48.4 Å². The maximum Gasteiger partial charge on any atom is 0.404 e. The Labute approximate surface area is 154 Å². The molecule has 0 aliphatic carbocycles. The molecule has 1 N–H and O–H groups in total. The minimum absolute atomic E-state index is 0.206. The Kier molecular flexibility index (Phi) is 6.30. The standard InChI is InChI=1S/C13H8F12O3S/c1-4-2-5(8(10(14,15)16)11(17,18)19)7(29(26,27)28)6(3-4)9(12(20,21)22)13(23,24)25/h2-3,8-9H,1H3,(H,26,27,28). The average Bonchev–Trinajstić information content (AvgIpc) is 2.27. The molecule has 0 fully saturated rings. The van der Waals surface area contributed by atoms with E-state index in [1.54, 1.807) is 0 Å². The molecule has 0 radical (unpaired) electrons. The van der Waals surface area contributed by atoms with Gasteiger partial charge in [0.25, 0.3) is 10.1 Å². The fraction of sp³-hybridized carbons (Fsp3) is 0.538. The van der Waals surface area contributed by atoms with Crippen molar-refractivity contribution in [1.29, 1.82) is 0 Å². The number of alkyl halides is 12. The highest BCUT2D eigenvalue weighted by atomic mass is 32.2. The van der Waals surface area contributed by atoms with Crippen molar-refractivity contribution in [1.82, 2.24) is 0 Å². The van der Waals surface area contributed by atoms with Crippen LogP contribution in [0.15, 0.2) is 17.0 Å². The maximum atomic E-state index is 13.0. The molecule has 0 aliphatic rings. The molecule has 0 atom stereocenters. The molecule has 0 saturated heterocycles. The van der Waals surface area contributed by atoms with E-state index in [1.165, 1.54) is 0 Å². The van der Waals surface area contributed by atoms with Gasteiger partial charge in [-0.15, -0.1) is 0 Å². The molecule has 0 bridgehead atoms. The molecule has 0 unspecified atom stereocenters. The fourth-order valence-corrected chi connectivity index (χ4v) is 3.58. The van der Waals surface area contributed by atoms with E-state index >= 15 is 0 Å². The zero-order valence-electron chi connectivity index (χ0n) is 13.5. The predicted molar refractivity (Wildman–Crippen MR) is 70.7 cm³/mol. The first-order valence-corrected chi connectivity index (χ1v) is 8.31. The molecular formula is C13H8F12O3S. The Balaban J connectivity index is 4.23. The highest BCUT2D eigenvalue weighted by molar-refractivity contribution is 7.86. The van der Waals surface area contributed by atoms with E-state index in [0.29, 0.717) is 6.92 Å². The van der Waals surface area contributed by atoms with Crippen LogP contribution in [-0.4, -0.2) is 37.7 Å². The Morgan fingerprint density at radius 1 is 0.690 bits per heavy atom. The lowest BCUT2D eigenvalue weighted by atomic mass is 9.88. The highest BCUT2D eigenvalue weighted by Crippen LogP contribution is 2.53. The zero-order valence-corrected chi connectivity index (χ0v) is 14.3. The van der Waals surface area contributed by atoms with Gasteiger partial charge in [0.2, 0.25) is 0 Å². The molecule has 0 heterocycles. The lowest BCUT2D eigenvalue weighted by Crippen LogP contribution is -2.38. The van der Waals surface area contributed by atoms with Crippen molar-refractivity contribution in [3.05, 3.63) is 28.8 Å². The smallest absolute Gasteiger partial charge is 0.282 e. The van der Waals surface area contributed by atoms with Gasteiger partial charge in [-0.05, 0) is 18.1 Å². The number of hydrogen-bond donors (Lipinski definition) is 1. The van der Waals surface area contributed by atoms with Crippen molar-refractivity contribution < 1.29 is 65.7 Å². The summed E-state index contributed by atoms with van der Waals surface area (Å²) >= 11 is 0. The largest absolute Gasteiger partial charge is 0.404 e. The molecule has 0 saturated carbocycles. The highest BCUT2D eigenvalue weighted by Gasteiger charge is 2.62. The van der Waals surface area contributed by atoms with Gasteiger partial charge in [-0.3, -0.25) is 4.55 Å². The molecule has 1 rings (SSSR count). The van der Waals surface area contributed by atoms with Gasteiger partial charge in [-0.2, -0.15) is 61.1 Å². The van der Waals surface area contributed by atoms with Crippen LogP contribution in [-0.2, 0) is 10.1 Å². The first kappa shape index (κ1) is 25.3. The van der Waals surface area contributed by atoms with E-state index < -0.39 is 68.2 Å². The summed E-state index contributed by atoms with van der Waals surface area (Å²) in [6, 6.07) is -0.413. The van der Waals surface area contributed by atoms with Crippen molar-refractivity contribution in [3.8, 4) is 0 Å². The lowest BCUT2D eigenvalue weighted by molar-refractivity contribution is -0.255. The maximum absolute atomic E-state index is 13.0. The van der Waals surface area contributed by atoms with Crippen LogP contribution in [0.2, 0.25) is 0 Å². The number of hydrogen-bond acceptors (Lipinski definition) is 2. The van der Waals surface area contributed by atoms with Gasteiger partial charge >= 0.3 is 24.7 Å². The van der Waals surface area contributed by atoms with E-state index in [2.05, 4.69) is 0 Å². The second-order valence-corrected chi connectivity index (χ2v) is 7.14. The molecule has 1 aromatic rings. The zero-order chi connectivity index (χ0) is 23.4. The van der Waals surface area contributed by atoms with E-state index in [4.69, 9.17) is 4.55 Å². The van der Waals surface area contributed by atoms with Crippen molar-refractivity contribution in [3.63, 3.8) is 0 Å². The minimum Gasteiger partial charge on any atom is -0.282 e. The van der Waals surface area contributed by atoms with Crippen LogP contribution in [0.4, 0.5) is 52.7 Å². The average molecular weight is 472 g/mol. The molecule has 0 spiro atoms. The van der Waals surface area contributed by atoms with E-state index in [-0.39, 0.29) is 12.1 Å². The summed E-state index contributed by atoms with van der Waals surface area (Å²) in [7, 11) is -6.41. The molecule has 0 aromatic heterocycles. The monoisotopic (exact) mass is 472 g/mol. The van der Waals surface area contributed by atoms with Gasteiger partial charge in [0, 0.05) is 0 Å². The molecular weight excluding hydrogens is 464 g/mol. The van der Waals surface area contributed by atoms with Crippen LogP contribution >= 0.6 is 0 Å². The third kappa shape index (κ3) is 5.67. The Bertz CT molecular complexity index is 780. The topological polar surface area (TPSA) is 54.4 Å². The van der Waals surface area contributed by atoms with Gasteiger partial charge in [-0.25, -0.2) is 0 Å². The molecule has 1 aromatic carbocycles. The quantitative estimate of drug-likeness (QED) is 0.457. The van der Waals surface area contributed by atoms with Crippen molar-refractivity contribution in [2.24, 2.45) is 0 Å². The summed E-state index contributed by atoms with van der Waals surface area (Å²) in [6.07, 6.45) is -25.5. The fourth-order valence-electron chi connectivity index (χ4n) is 2.63. The number of halogens is 12. The van der Waals surface area contributed by atoms with Gasteiger partial charge in [0.05, 0.1) is 0 Å². The third-order valence-electron chi connectivity index (χ3n) is 3.48. The summed E-state index contributed by atoms with van der Waals surface area (Å²) in [6.45, 7) is 0.550. The Morgan fingerprint density at radius 3 is 1.10 bits per heavy atom. The molecule has 16 heteroatoms. The van der Waals surface area contributed by atoms with Crippen LogP contribution in [0.3, 0.4) is 0 Å². The van der Waals surface area contributed by atoms with Crippen LogP contribution in [0, 0.1) is 6.92 Å². The van der Waals surface area contributed by atoms with Crippen molar-refractivity contribution in [2.75, 3.05) is 0 Å². The number of rotatable bonds is 3. The summed E-state index contributed by atoms with van der Waals surface area (Å²) in [5.74, 6) is -9.57. The summed E-state index contributed by atoms with van der Waals surface area (Å²) in [5.41, 5.74) is -6.00. The van der Waals surface area contributed by atoms with Gasteiger partial charge in [0.1, 0.15) is 4.90 Å². The molecule has 29 heavy (non-hydrogen) atoms. The molecule has 3 nitrogen and oxygen atoms in total.